The summed E-state index contributed by atoms with van der Waals surface area (Å²) >= 11 is 2.10. The molecule has 2 atom stereocenters. The van der Waals surface area contributed by atoms with Gasteiger partial charge in [0, 0.05) is 30.4 Å². The normalized spacial score (nSPS) is 24.5. The van der Waals surface area contributed by atoms with E-state index in [1.54, 1.807) is 0 Å². The lowest BCUT2D eigenvalue weighted by Gasteiger charge is -2.38. The molecule has 1 N–H and O–H groups in total. The standard InChI is InChI=1S/C15H32N2S/c1-7-15(5,11-16-14(2,3)4)12-17(6)13-8-9-18-10-13/h13,16H,7-12H2,1-6H3. The first-order valence-corrected chi connectivity index (χ1v) is 8.44. The Bertz CT molecular complexity index is 243. The summed E-state index contributed by atoms with van der Waals surface area (Å²) in [6.45, 7) is 13.8. The van der Waals surface area contributed by atoms with E-state index in [1.165, 1.54) is 30.9 Å². The van der Waals surface area contributed by atoms with E-state index in [0.717, 1.165) is 12.6 Å². The average molecular weight is 273 g/mol. The SMILES string of the molecule is CCC(C)(CNC(C)(C)C)CN(C)C1CCSC1. The van der Waals surface area contributed by atoms with Gasteiger partial charge < -0.3 is 10.2 Å². The van der Waals surface area contributed by atoms with Crippen molar-refractivity contribution in [1.29, 1.82) is 0 Å². The van der Waals surface area contributed by atoms with Gasteiger partial charge in [0.1, 0.15) is 0 Å². The number of rotatable bonds is 6. The van der Waals surface area contributed by atoms with E-state index in [-0.39, 0.29) is 5.54 Å². The number of hydrogen-bond acceptors (Lipinski definition) is 3. The highest BCUT2D eigenvalue weighted by Gasteiger charge is 2.29. The quantitative estimate of drug-likeness (QED) is 0.799. The van der Waals surface area contributed by atoms with Gasteiger partial charge in [0.15, 0.2) is 0 Å². The number of hydrogen-bond donors (Lipinski definition) is 1. The van der Waals surface area contributed by atoms with Crippen molar-refractivity contribution in [3.8, 4) is 0 Å². The van der Waals surface area contributed by atoms with Crippen LogP contribution in [-0.4, -0.2) is 48.1 Å². The van der Waals surface area contributed by atoms with E-state index in [1.807, 2.05) is 0 Å². The second-order valence-electron chi connectivity index (χ2n) is 7.20. The van der Waals surface area contributed by atoms with Crippen LogP contribution >= 0.6 is 11.8 Å². The van der Waals surface area contributed by atoms with Crippen LogP contribution in [0.25, 0.3) is 0 Å². The van der Waals surface area contributed by atoms with E-state index in [2.05, 4.69) is 63.6 Å². The highest BCUT2D eigenvalue weighted by atomic mass is 32.2. The first kappa shape index (κ1) is 16.3. The topological polar surface area (TPSA) is 15.3 Å². The van der Waals surface area contributed by atoms with Gasteiger partial charge in [-0.2, -0.15) is 11.8 Å². The smallest absolute Gasteiger partial charge is 0.0191 e. The van der Waals surface area contributed by atoms with Gasteiger partial charge in [-0.3, -0.25) is 0 Å². The van der Waals surface area contributed by atoms with Crippen molar-refractivity contribution in [3.63, 3.8) is 0 Å². The molecule has 0 aromatic rings. The maximum absolute atomic E-state index is 3.68. The molecule has 0 bridgehead atoms. The molecule has 0 spiro atoms. The maximum Gasteiger partial charge on any atom is 0.0191 e. The van der Waals surface area contributed by atoms with Gasteiger partial charge in [-0.15, -0.1) is 0 Å². The predicted octanol–water partition coefficient (Wildman–Crippen LogP) is 3.23. The van der Waals surface area contributed by atoms with Crippen LogP contribution in [0.2, 0.25) is 0 Å². The van der Waals surface area contributed by atoms with Gasteiger partial charge in [-0.25, -0.2) is 0 Å². The van der Waals surface area contributed by atoms with Crippen molar-refractivity contribution < 1.29 is 0 Å². The molecule has 1 rings (SSSR count). The molecule has 108 valence electrons. The number of thioether (sulfide) groups is 1. The summed E-state index contributed by atoms with van der Waals surface area (Å²) in [6, 6.07) is 0.801. The van der Waals surface area contributed by atoms with Crippen molar-refractivity contribution >= 4 is 11.8 Å². The fraction of sp³-hybridized carbons (Fsp3) is 1.00. The molecule has 0 aromatic heterocycles. The summed E-state index contributed by atoms with van der Waals surface area (Å²) in [5.74, 6) is 2.67. The molecule has 1 saturated heterocycles. The summed E-state index contributed by atoms with van der Waals surface area (Å²) in [5, 5.41) is 3.68. The predicted molar refractivity (Wildman–Crippen MR) is 84.5 cm³/mol. The minimum Gasteiger partial charge on any atom is -0.311 e. The van der Waals surface area contributed by atoms with Crippen LogP contribution in [0.3, 0.4) is 0 Å². The van der Waals surface area contributed by atoms with Crippen LogP contribution in [0.5, 0.6) is 0 Å². The summed E-state index contributed by atoms with van der Waals surface area (Å²) in [4.78, 5) is 2.59. The summed E-state index contributed by atoms with van der Waals surface area (Å²) < 4.78 is 0. The van der Waals surface area contributed by atoms with Gasteiger partial charge in [-0.1, -0.05) is 13.8 Å². The fourth-order valence-electron chi connectivity index (χ4n) is 2.37. The highest BCUT2D eigenvalue weighted by Crippen LogP contribution is 2.27. The first-order valence-electron chi connectivity index (χ1n) is 7.29. The molecular weight excluding hydrogens is 240 g/mol. The minimum absolute atomic E-state index is 0.220. The Morgan fingerprint density at radius 3 is 2.39 bits per heavy atom. The van der Waals surface area contributed by atoms with E-state index in [9.17, 15) is 0 Å². The van der Waals surface area contributed by atoms with Crippen LogP contribution < -0.4 is 5.32 Å². The van der Waals surface area contributed by atoms with Crippen molar-refractivity contribution in [2.24, 2.45) is 5.41 Å². The Morgan fingerprint density at radius 1 is 1.28 bits per heavy atom. The van der Waals surface area contributed by atoms with Crippen molar-refractivity contribution in [2.75, 3.05) is 31.6 Å². The third-order valence-electron chi connectivity index (χ3n) is 4.06. The van der Waals surface area contributed by atoms with E-state index in [0.29, 0.717) is 5.41 Å². The molecule has 1 aliphatic rings. The van der Waals surface area contributed by atoms with Crippen molar-refractivity contribution in [1.82, 2.24) is 10.2 Å². The van der Waals surface area contributed by atoms with Crippen molar-refractivity contribution in [2.45, 2.75) is 59.0 Å². The number of nitrogens with zero attached hydrogens (tertiary/aromatic N) is 1. The second-order valence-corrected chi connectivity index (χ2v) is 8.35. The largest absolute Gasteiger partial charge is 0.311 e. The molecule has 0 radical (unpaired) electrons. The lowest BCUT2D eigenvalue weighted by atomic mass is 9.85. The van der Waals surface area contributed by atoms with Gasteiger partial charge in [0.05, 0.1) is 0 Å². The number of nitrogens with one attached hydrogen (secondary N) is 1. The first-order chi connectivity index (χ1) is 8.26. The third-order valence-corrected chi connectivity index (χ3v) is 5.20. The van der Waals surface area contributed by atoms with Crippen LogP contribution in [0.15, 0.2) is 0 Å². The zero-order valence-electron chi connectivity index (χ0n) is 13.2. The molecule has 1 fully saturated rings. The highest BCUT2D eigenvalue weighted by molar-refractivity contribution is 7.99. The summed E-state index contributed by atoms with van der Waals surface area (Å²) in [7, 11) is 2.31. The molecule has 2 nitrogen and oxygen atoms in total. The summed E-state index contributed by atoms with van der Waals surface area (Å²) in [5.41, 5.74) is 0.605. The molecule has 0 aromatic carbocycles. The van der Waals surface area contributed by atoms with E-state index < -0.39 is 0 Å². The molecule has 3 heteroatoms. The van der Waals surface area contributed by atoms with E-state index >= 15 is 0 Å². The molecule has 18 heavy (non-hydrogen) atoms. The summed E-state index contributed by atoms with van der Waals surface area (Å²) in [6.07, 6.45) is 2.61. The minimum atomic E-state index is 0.220. The molecular formula is C15H32N2S. The van der Waals surface area contributed by atoms with Gasteiger partial charge in [0.25, 0.3) is 0 Å². The maximum atomic E-state index is 3.68. The molecule has 1 heterocycles. The van der Waals surface area contributed by atoms with Crippen LogP contribution in [0.1, 0.15) is 47.5 Å². The molecule has 0 aliphatic carbocycles. The lowest BCUT2D eigenvalue weighted by molar-refractivity contribution is 0.141. The Morgan fingerprint density at radius 2 is 1.94 bits per heavy atom. The molecule has 0 amide bonds. The van der Waals surface area contributed by atoms with Gasteiger partial charge in [-0.05, 0) is 51.8 Å². The Hall–Kier alpha value is 0.270. The van der Waals surface area contributed by atoms with Gasteiger partial charge in [0.2, 0.25) is 0 Å². The zero-order valence-corrected chi connectivity index (χ0v) is 14.0. The Balaban J connectivity index is 2.47. The third kappa shape index (κ3) is 5.50. The Kier molecular flexibility index (Phi) is 6.01. The molecule has 2 unspecified atom stereocenters. The second kappa shape index (κ2) is 6.62. The van der Waals surface area contributed by atoms with Gasteiger partial charge >= 0.3 is 0 Å². The fourth-order valence-corrected chi connectivity index (χ4v) is 3.67. The van der Waals surface area contributed by atoms with E-state index in [4.69, 9.17) is 0 Å². The van der Waals surface area contributed by atoms with Crippen LogP contribution in [0, 0.1) is 5.41 Å². The van der Waals surface area contributed by atoms with Crippen molar-refractivity contribution in [3.05, 3.63) is 0 Å². The van der Waals surface area contributed by atoms with Crippen LogP contribution in [0.4, 0.5) is 0 Å². The lowest BCUT2D eigenvalue weighted by Crippen LogP contribution is -2.48. The Labute approximate surface area is 118 Å². The monoisotopic (exact) mass is 272 g/mol. The zero-order chi connectivity index (χ0) is 13.8. The van der Waals surface area contributed by atoms with Crippen LogP contribution in [-0.2, 0) is 0 Å². The molecule has 0 saturated carbocycles. The molecule has 1 aliphatic heterocycles. The average Bonchev–Trinajstić information content (AvgIpc) is 2.79.